The Morgan fingerprint density at radius 3 is 1.81 bits per heavy atom. The van der Waals surface area contributed by atoms with Gasteiger partial charge in [-0.15, -0.1) is 0 Å². The summed E-state index contributed by atoms with van der Waals surface area (Å²) >= 11 is 0. The molecular weight excluding hydrogens is 398 g/mol. The lowest BCUT2D eigenvalue weighted by Gasteiger charge is -2.28. The van der Waals surface area contributed by atoms with Crippen molar-refractivity contribution in [3.63, 3.8) is 0 Å². The van der Waals surface area contributed by atoms with Gasteiger partial charge in [-0.05, 0) is 40.7 Å². The van der Waals surface area contributed by atoms with Gasteiger partial charge in [-0.1, -0.05) is 87.5 Å². The van der Waals surface area contributed by atoms with E-state index in [4.69, 9.17) is 14.5 Å². The van der Waals surface area contributed by atoms with Gasteiger partial charge in [0.25, 0.3) is 0 Å². The Balaban J connectivity index is 2.29. The number of aryl methyl sites for hydroxylation is 1. The van der Waals surface area contributed by atoms with Gasteiger partial charge in [0.1, 0.15) is 5.75 Å². The van der Waals surface area contributed by atoms with Crippen molar-refractivity contribution in [2.75, 3.05) is 14.2 Å². The van der Waals surface area contributed by atoms with E-state index >= 15 is 0 Å². The summed E-state index contributed by atoms with van der Waals surface area (Å²) in [6.07, 6.45) is 1.73. The Morgan fingerprint density at radius 2 is 1.38 bits per heavy atom. The molecule has 4 heteroatoms. The molecule has 0 unspecified atom stereocenters. The van der Waals surface area contributed by atoms with Crippen molar-refractivity contribution < 1.29 is 14.3 Å². The maximum atomic E-state index is 13.3. The van der Waals surface area contributed by atoms with Gasteiger partial charge in [-0.3, -0.25) is 4.99 Å². The topological polar surface area (TPSA) is 47.9 Å². The smallest absolute Gasteiger partial charge is 0.343 e. The van der Waals surface area contributed by atoms with E-state index in [2.05, 4.69) is 32.9 Å². The van der Waals surface area contributed by atoms with Crippen LogP contribution in [-0.4, -0.2) is 26.4 Å². The Kier molecular flexibility index (Phi) is 6.83. The van der Waals surface area contributed by atoms with Crippen molar-refractivity contribution >= 4 is 12.2 Å². The van der Waals surface area contributed by atoms with Crippen LogP contribution in [0.25, 0.3) is 0 Å². The second kappa shape index (κ2) is 9.39. The molecule has 3 aromatic carbocycles. The highest BCUT2D eigenvalue weighted by molar-refractivity contribution is 5.92. The minimum absolute atomic E-state index is 0.0437. The summed E-state index contributed by atoms with van der Waals surface area (Å²) in [6.45, 7) is 8.53. The van der Waals surface area contributed by atoms with E-state index in [1.807, 2.05) is 67.6 Å². The van der Waals surface area contributed by atoms with Crippen LogP contribution in [0.3, 0.4) is 0 Å². The Hall–Kier alpha value is -3.40. The van der Waals surface area contributed by atoms with E-state index in [0.717, 1.165) is 28.0 Å². The van der Waals surface area contributed by atoms with Gasteiger partial charge in [0, 0.05) is 11.8 Å². The van der Waals surface area contributed by atoms with Crippen LogP contribution in [0.1, 0.15) is 48.6 Å². The summed E-state index contributed by atoms with van der Waals surface area (Å²) in [5.74, 6) is 0.287. The molecule has 0 heterocycles. The Labute approximate surface area is 190 Å². The Morgan fingerprint density at radius 1 is 0.844 bits per heavy atom. The normalized spacial score (nSPS) is 12.1. The molecule has 32 heavy (non-hydrogen) atoms. The van der Waals surface area contributed by atoms with Crippen molar-refractivity contribution in [3.05, 3.63) is 101 Å². The van der Waals surface area contributed by atoms with E-state index in [1.54, 1.807) is 13.3 Å². The molecule has 0 radical (unpaired) electrons. The summed E-state index contributed by atoms with van der Waals surface area (Å²) in [5.41, 5.74) is 3.09. The van der Waals surface area contributed by atoms with E-state index in [-0.39, 0.29) is 5.41 Å². The molecule has 0 aromatic heterocycles. The molecule has 3 aromatic rings. The first-order chi connectivity index (χ1) is 15.2. The van der Waals surface area contributed by atoms with Crippen molar-refractivity contribution in [2.45, 2.75) is 38.6 Å². The zero-order valence-electron chi connectivity index (χ0n) is 19.7. The summed E-state index contributed by atoms with van der Waals surface area (Å²) < 4.78 is 11.0. The zero-order valence-corrected chi connectivity index (χ0v) is 19.7. The lowest BCUT2D eigenvalue weighted by molar-refractivity contribution is -0.145. The third kappa shape index (κ3) is 4.45. The third-order valence-electron chi connectivity index (χ3n) is 5.63. The minimum Gasteiger partial charge on any atom is -0.496 e. The molecular formula is C28H31NO3. The van der Waals surface area contributed by atoms with Gasteiger partial charge in [-0.25, -0.2) is 4.79 Å². The van der Waals surface area contributed by atoms with Crippen LogP contribution in [0.4, 0.5) is 0 Å². The van der Waals surface area contributed by atoms with Crippen LogP contribution < -0.4 is 4.74 Å². The van der Waals surface area contributed by atoms with E-state index in [0.29, 0.717) is 0 Å². The van der Waals surface area contributed by atoms with Crippen molar-refractivity contribution in [1.82, 2.24) is 0 Å². The third-order valence-corrected chi connectivity index (χ3v) is 5.63. The summed E-state index contributed by atoms with van der Waals surface area (Å²) in [6, 6.07) is 23.2. The van der Waals surface area contributed by atoms with Crippen LogP contribution in [0.2, 0.25) is 0 Å². The summed E-state index contributed by atoms with van der Waals surface area (Å²) in [4.78, 5) is 18.3. The van der Waals surface area contributed by atoms with E-state index in [9.17, 15) is 4.79 Å². The van der Waals surface area contributed by atoms with Crippen LogP contribution >= 0.6 is 0 Å². The molecule has 0 aliphatic rings. The van der Waals surface area contributed by atoms with Crippen molar-refractivity contribution in [2.24, 2.45) is 4.99 Å². The first-order valence-electron chi connectivity index (χ1n) is 10.7. The molecule has 0 fully saturated rings. The number of methoxy groups -OCH3 is 2. The molecule has 0 spiro atoms. The number of hydrogen-bond donors (Lipinski definition) is 0. The minimum atomic E-state index is -1.34. The first kappa shape index (κ1) is 23.3. The number of rotatable bonds is 6. The highest BCUT2D eigenvalue weighted by atomic mass is 16.5. The molecule has 0 aliphatic carbocycles. The van der Waals surface area contributed by atoms with Gasteiger partial charge in [-0.2, -0.15) is 0 Å². The first-order valence-corrected chi connectivity index (χ1v) is 10.7. The van der Waals surface area contributed by atoms with Crippen LogP contribution in [0, 0.1) is 6.92 Å². The maximum Gasteiger partial charge on any atom is 0.343 e. The second-order valence-electron chi connectivity index (χ2n) is 8.86. The van der Waals surface area contributed by atoms with Crippen LogP contribution in [0.5, 0.6) is 5.75 Å². The molecule has 0 bridgehead atoms. The van der Waals surface area contributed by atoms with Crippen molar-refractivity contribution in [1.29, 1.82) is 0 Å². The monoisotopic (exact) mass is 429 g/mol. The molecule has 3 rings (SSSR count). The van der Waals surface area contributed by atoms with Gasteiger partial charge in [0.05, 0.1) is 14.2 Å². The lowest BCUT2D eigenvalue weighted by atomic mass is 9.83. The Bertz CT molecular complexity index is 1060. The number of carbonyl (C=O) groups is 1. The van der Waals surface area contributed by atoms with E-state index in [1.165, 1.54) is 12.7 Å². The van der Waals surface area contributed by atoms with Crippen LogP contribution in [-0.2, 0) is 20.5 Å². The molecule has 0 atom stereocenters. The van der Waals surface area contributed by atoms with Gasteiger partial charge in [0.15, 0.2) is 0 Å². The van der Waals surface area contributed by atoms with Crippen LogP contribution in [0.15, 0.2) is 77.8 Å². The SMILES string of the molecule is COC(=O)C(/N=C/c1cc(C(C)(C)C)cc(C)c1OC)(c1ccccc1)c1ccccc1. The number of esters is 1. The molecule has 166 valence electrons. The standard InChI is InChI=1S/C28H31NO3/c1-20-17-24(27(2,3)4)18-21(25(20)31-5)19-29-28(26(30)32-6,22-13-9-7-10-14-22)23-15-11-8-12-16-23/h7-19H,1-6H3/b29-19+. The fourth-order valence-corrected chi connectivity index (χ4v) is 3.89. The molecule has 0 aliphatic heterocycles. The summed E-state index contributed by atoms with van der Waals surface area (Å²) in [7, 11) is 3.04. The van der Waals surface area contributed by atoms with Gasteiger partial charge < -0.3 is 9.47 Å². The second-order valence-corrected chi connectivity index (χ2v) is 8.86. The number of nitrogens with zero attached hydrogens (tertiary/aromatic N) is 1. The van der Waals surface area contributed by atoms with E-state index < -0.39 is 11.5 Å². The van der Waals surface area contributed by atoms with Crippen molar-refractivity contribution in [3.8, 4) is 5.75 Å². The highest BCUT2D eigenvalue weighted by Crippen LogP contribution is 2.36. The average Bonchev–Trinajstić information content (AvgIpc) is 2.79. The summed E-state index contributed by atoms with van der Waals surface area (Å²) in [5, 5.41) is 0. The number of ether oxygens (including phenoxy) is 2. The molecule has 0 saturated carbocycles. The number of aliphatic imine (C=N–C) groups is 1. The van der Waals surface area contributed by atoms with Gasteiger partial charge in [0.2, 0.25) is 5.54 Å². The predicted molar refractivity (Wildman–Crippen MR) is 130 cm³/mol. The predicted octanol–water partition coefficient (Wildman–Crippen LogP) is 5.84. The zero-order chi connectivity index (χ0) is 23.4. The van der Waals surface area contributed by atoms with Gasteiger partial charge >= 0.3 is 5.97 Å². The number of benzene rings is 3. The largest absolute Gasteiger partial charge is 0.496 e. The molecule has 0 saturated heterocycles. The number of hydrogen-bond acceptors (Lipinski definition) is 4. The fourth-order valence-electron chi connectivity index (χ4n) is 3.89. The quantitative estimate of drug-likeness (QED) is 0.365. The molecule has 0 amide bonds. The maximum absolute atomic E-state index is 13.3. The number of carbonyl (C=O) groups excluding carboxylic acids is 1. The average molecular weight is 430 g/mol. The fraction of sp³-hybridized carbons (Fsp3) is 0.286. The molecule has 0 N–H and O–H groups in total. The lowest BCUT2D eigenvalue weighted by Crippen LogP contribution is -2.36. The highest BCUT2D eigenvalue weighted by Gasteiger charge is 2.43. The molecule has 4 nitrogen and oxygen atoms in total.